The van der Waals surface area contributed by atoms with Crippen molar-refractivity contribution in [2.24, 2.45) is 12.0 Å². The highest BCUT2D eigenvalue weighted by Crippen LogP contribution is 2.22. The van der Waals surface area contributed by atoms with Crippen LogP contribution in [0.5, 0.6) is 0 Å². The van der Waals surface area contributed by atoms with E-state index in [1.54, 1.807) is 0 Å². The lowest BCUT2D eigenvalue weighted by atomic mass is 10.1. The van der Waals surface area contributed by atoms with Crippen molar-refractivity contribution in [3.05, 3.63) is 53.6 Å². The van der Waals surface area contributed by atoms with E-state index in [-0.39, 0.29) is 24.0 Å². The molecule has 1 aliphatic rings. The highest BCUT2D eigenvalue weighted by molar-refractivity contribution is 14.0. The standard InChI is InChI=1S/C21H31N7.HI/c1-6-9-22-21(23-15-20-25-24-18(4)26(20)5)28-12-10-27(11-13-28)19-14-16(2)7-8-17(19)3;/h6-8,14H,1,9-13,15H2,2-5H3,(H,22,23);1H. The largest absolute Gasteiger partial charge is 0.368 e. The third-order valence-corrected chi connectivity index (χ3v) is 5.24. The number of hydrogen-bond acceptors (Lipinski definition) is 4. The molecule has 8 heteroatoms. The summed E-state index contributed by atoms with van der Waals surface area (Å²) in [6, 6.07) is 6.66. The number of halogens is 1. The number of aromatic nitrogens is 3. The van der Waals surface area contributed by atoms with Gasteiger partial charge in [-0.05, 0) is 38.0 Å². The summed E-state index contributed by atoms with van der Waals surface area (Å²) in [4.78, 5) is 9.58. The molecule has 2 heterocycles. The molecule has 0 aliphatic carbocycles. The maximum absolute atomic E-state index is 4.80. The number of hydrogen-bond donors (Lipinski definition) is 1. The fourth-order valence-electron chi connectivity index (χ4n) is 3.38. The van der Waals surface area contributed by atoms with E-state index < -0.39 is 0 Å². The second-order valence-electron chi connectivity index (χ2n) is 7.30. The summed E-state index contributed by atoms with van der Waals surface area (Å²) in [5, 5.41) is 11.7. The SMILES string of the molecule is C=CCNC(=NCc1nnc(C)n1C)N1CCN(c2cc(C)ccc2C)CC1.I. The number of rotatable bonds is 5. The van der Waals surface area contributed by atoms with E-state index in [0.717, 1.165) is 43.8 Å². The average Bonchev–Trinajstić information content (AvgIpc) is 3.02. The van der Waals surface area contributed by atoms with Crippen LogP contribution >= 0.6 is 24.0 Å². The first-order valence-corrected chi connectivity index (χ1v) is 9.81. The molecule has 1 fully saturated rings. The molecule has 1 aliphatic heterocycles. The lowest BCUT2D eigenvalue weighted by molar-refractivity contribution is 0.373. The zero-order chi connectivity index (χ0) is 20.1. The quantitative estimate of drug-likeness (QED) is 0.291. The molecule has 0 unspecified atom stereocenters. The smallest absolute Gasteiger partial charge is 0.194 e. The Morgan fingerprint density at radius 2 is 1.90 bits per heavy atom. The van der Waals surface area contributed by atoms with Gasteiger partial charge in [0.1, 0.15) is 12.4 Å². The van der Waals surface area contributed by atoms with E-state index >= 15 is 0 Å². The molecule has 0 bridgehead atoms. The van der Waals surface area contributed by atoms with Crippen LogP contribution in [0.25, 0.3) is 0 Å². The lowest BCUT2D eigenvalue weighted by Gasteiger charge is -2.38. The Morgan fingerprint density at radius 1 is 1.17 bits per heavy atom. The van der Waals surface area contributed by atoms with Gasteiger partial charge in [-0.1, -0.05) is 18.2 Å². The summed E-state index contributed by atoms with van der Waals surface area (Å²) in [5.74, 6) is 2.67. The number of nitrogens with zero attached hydrogens (tertiary/aromatic N) is 6. The van der Waals surface area contributed by atoms with Crippen LogP contribution in [0.3, 0.4) is 0 Å². The molecule has 3 rings (SSSR count). The van der Waals surface area contributed by atoms with Gasteiger partial charge in [-0.15, -0.1) is 40.8 Å². The Morgan fingerprint density at radius 3 is 2.52 bits per heavy atom. The number of aliphatic imine (C=N–C) groups is 1. The van der Waals surface area contributed by atoms with Crippen LogP contribution in [0, 0.1) is 20.8 Å². The minimum Gasteiger partial charge on any atom is -0.368 e. The maximum atomic E-state index is 4.80. The molecule has 1 saturated heterocycles. The van der Waals surface area contributed by atoms with Gasteiger partial charge in [0.05, 0.1) is 0 Å². The normalized spacial score (nSPS) is 14.6. The van der Waals surface area contributed by atoms with Crippen LogP contribution in [0.2, 0.25) is 0 Å². The van der Waals surface area contributed by atoms with Gasteiger partial charge in [-0.2, -0.15) is 0 Å². The molecule has 1 N–H and O–H groups in total. The lowest BCUT2D eigenvalue weighted by Crippen LogP contribution is -2.52. The van der Waals surface area contributed by atoms with E-state index in [0.29, 0.717) is 13.1 Å². The molecule has 0 saturated carbocycles. The first-order valence-electron chi connectivity index (χ1n) is 9.81. The monoisotopic (exact) mass is 509 g/mol. The van der Waals surface area contributed by atoms with Gasteiger partial charge in [0.15, 0.2) is 11.8 Å². The Hall–Kier alpha value is -2.10. The van der Waals surface area contributed by atoms with Crippen LogP contribution in [0.15, 0.2) is 35.8 Å². The number of aryl methyl sites for hydroxylation is 3. The number of benzene rings is 1. The number of anilines is 1. The van der Waals surface area contributed by atoms with E-state index in [4.69, 9.17) is 4.99 Å². The summed E-state index contributed by atoms with van der Waals surface area (Å²) in [6.07, 6.45) is 1.86. The van der Waals surface area contributed by atoms with Gasteiger partial charge in [0.25, 0.3) is 0 Å². The van der Waals surface area contributed by atoms with Crippen molar-refractivity contribution < 1.29 is 0 Å². The van der Waals surface area contributed by atoms with Crippen molar-refractivity contribution in [1.82, 2.24) is 25.0 Å². The molecule has 0 amide bonds. The zero-order valence-corrected chi connectivity index (χ0v) is 20.2. The fourth-order valence-corrected chi connectivity index (χ4v) is 3.38. The first-order chi connectivity index (χ1) is 13.5. The van der Waals surface area contributed by atoms with Gasteiger partial charge in [-0.25, -0.2) is 4.99 Å². The molecule has 158 valence electrons. The average molecular weight is 509 g/mol. The summed E-state index contributed by atoms with van der Waals surface area (Å²) < 4.78 is 1.98. The molecular formula is C21H32IN7. The minimum absolute atomic E-state index is 0. The van der Waals surface area contributed by atoms with Gasteiger partial charge in [-0.3, -0.25) is 0 Å². The number of guanidine groups is 1. The van der Waals surface area contributed by atoms with Gasteiger partial charge >= 0.3 is 0 Å². The fraction of sp³-hybridized carbons (Fsp3) is 0.476. The molecule has 0 spiro atoms. The van der Waals surface area contributed by atoms with E-state index in [2.05, 4.69) is 63.9 Å². The van der Waals surface area contributed by atoms with Crippen molar-refractivity contribution in [3.63, 3.8) is 0 Å². The Labute approximate surface area is 190 Å². The predicted octanol–water partition coefficient (Wildman–Crippen LogP) is 2.81. The molecule has 0 atom stereocenters. The van der Waals surface area contributed by atoms with E-state index in [1.807, 2.05) is 24.6 Å². The van der Waals surface area contributed by atoms with Crippen LogP contribution in [-0.2, 0) is 13.6 Å². The molecule has 0 radical (unpaired) electrons. The second kappa shape index (κ2) is 10.6. The highest BCUT2D eigenvalue weighted by atomic mass is 127. The molecule has 29 heavy (non-hydrogen) atoms. The van der Waals surface area contributed by atoms with Crippen LogP contribution in [0.1, 0.15) is 22.8 Å². The first kappa shape index (κ1) is 23.2. The summed E-state index contributed by atoms with van der Waals surface area (Å²) in [6.45, 7) is 15.1. The summed E-state index contributed by atoms with van der Waals surface area (Å²) >= 11 is 0. The topological polar surface area (TPSA) is 61.6 Å². The van der Waals surface area contributed by atoms with Crippen molar-refractivity contribution >= 4 is 35.6 Å². The van der Waals surface area contributed by atoms with Crippen molar-refractivity contribution in [1.29, 1.82) is 0 Å². The van der Waals surface area contributed by atoms with Gasteiger partial charge < -0.3 is 19.7 Å². The van der Waals surface area contributed by atoms with Crippen molar-refractivity contribution in [2.75, 3.05) is 37.6 Å². The van der Waals surface area contributed by atoms with Crippen molar-refractivity contribution in [2.45, 2.75) is 27.3 Å². The van der Waals surface area contributed by atoms with Crippen LogP contribution in [0.4, 0.5) is 5.69 Å². The second-order valence-corrected chi connectivity index (χ2v) is 7.30. The molecule has 7 nitrogen and oxygen atoms in total. The van der Waals surface area contributed by atoms with E-state index in [1.165, 1.54) is 16.8 Å². The summed E-state index contributed by atoms with van der Waals surface area (Å²) in [7, 11) is 1.97. The van der Waals surface area contributed by atoms with Crippen molar-refractivity contribution in [3.8, 4) is 0 Å². The van der Waals surface area contributed by atoms with Crippen LogP contribution in [-0.4, -0.2) is 58.3 Å². The summed E-state index contributed by atoms with van der Waals surface area (Å²) in [5.41, 5.74) is 3.97. The van der Waals surface area contributed by atoms with E-state index in [9.17, 15) is 0 Å². The number of nitrogens with one attached hydrogen (secondary N) is 1. The maximum Gasteiger partial charge on any atom is 0.194 e. The molecule has 1 aromatic carbocycles. The van der Waals surface area contributed by atoms with Gasteiger partial charge in [0.2, 0.25) is 0 Å². The van der Waals surface area contributed by atoms with Gasteiger partial charge in [0, 0.05) is 45.5 Å². The van der Waals surface area contributed by atoms with Crippen LogP contribution < -0.4 is 10.2 Å². The third-order valence-electron chi connectivity index (χ3n) is 5.24. The molecular weight excluding hydrogens is 477 g/mol. The minimum atomic E-state index is 0. The molecule has 1 aromatic heterocycles. The predicted molar refractivity (Wildman–Crippen MR) is 130 cm³/mol. The number of piperazine rings is 1. The Bertz CT molecular complexity index is 851. The Kier molecular flexibility index (Phi) is 8.48. The third kappa shape index (κ3) is 5.71. The molecule has 2 aromatic rings. The zero-order valence-electron chi connectivity index (χ0n) is 17.9. The highest BCUT2D eigenvalue weighted by Gasteiger charge is 2.21. The Balaban J connectivity index is 0.00000300.